The van der Waals surface area contributed by atoms with E-state index < -0.39 is 0 Å². The van der Waals surface area contributed by atoms with E-state index >= 15 is 0 Å². The van der Waals surface area contributed by atoms with Crippen LogP contribution in [0.15, 0.2) is 10.7 Å². The summed E-state index contributed by atoms with van der Waals surface area (Å²) < 4.78 is 2.53. The monoisotopic (exact) mass is 367 g/mol. The van der Waals surface area contributed by atoms with Crippen molar-refractivity contribution in [1.29, 1.82) is 0 Å². The number of hydrogen-bond donors (Lipinski definition) is 0. The molecule has 1 heterocycles. The van der Waals surface area contributed by atoms with Crippen LogP contribution in [-0.4, -0.2) is 32.7 Å². The topological polar surface area (TPSA) is 38.1 Å². The van der Waals surface area contributed by atoms with Gasteiger partial charge < -0.3 is 4.90 Å². The molecule has 122 valence electrons. The molecule has 0 saturated heterocycles. The van der Waals surface area contributed by atoms with Crippen molar-refractivity contribution in [1.82, 2.24) is 14.7 Å². The first kappa shape index (κ1) is 16.0. The molecule has 0 atom stereocenters. The molecule has 4 nitrogen and oxygen atoms in total. The Bertz CT molecular complexity index is 478. The van der Waals surface area contributed by atoms with Crippen molar-refractivity contribution in [2.45, 2.75) is 76.3 Å². The number of amides is 1. The zero-order chi connectivity index (χ0) is 15.5. The highest BCUT2D eigenvalue weighted by atomic mass is 79.9. The molecule has 3 rings (SSSR count). The third kappa shape index (κ3) is 3.24. The Balaban J connectivity index is 1.88. The van der Waals surface area contributed by atoms with Gasteiger partial charge >= 0.3 is 0 Å². The fraction of sp³-hybridized carbons (Fsp3) is 0.765. The maximum atomic E-state index is 13.3. The summed E-state index contributed by atoms with van der Waals surface area (Å²) in [5.41, 5.74) is 0.705. The molecule has 2 aliphatic carbocycles. The van der Waals surface area contributed by atoms with Crippen LogP contribution in [0.3, 0.4) is 0 Å². The molecule has 2 fully saturated rings. The van der Waals surface area contributed by atoms with E-state index in [0.717, 1.165) is 30.2 Å². The van der Waals surface area contributed by atoms with Crippen LogP contribution >= 0.6 is 15.9 Å². The highest BCUT2D eigenvalue weighted by Crippen LogP contribution is 2.32. The van der Waals surface area contributed by atoms with Gasteiger partial charge in [0.2, 0.25) is 0 Å². The van der Waals surface area contributed by atoms with Crippen LogP contribution in [0.4, 0.5) is 0 Å². The SMILES string of the molecule is Cn1ncc(Br)c1C(=O)N(C1CCCCC1)C1CCCCC1. The van der Waals surface area contributed by atoms with Crippen LogP contribution in [0.5, 0.6) is 0 Å². The van der Waals surface area contributed by atoms with Crippen molar-refractivity contribution in [2.75, 3.05) is 0 Å². The average molecular weight is 368 g/mol. The molecule has 0 aliphatic heterocycles. The lowest BCUT2D eigenvalue weighted by atomic mass is 9.88. The molecule has 0 bridgehead atoms. The third-order valence-corrected chi connectivity index (χ3v) is 5.85. The number of carbonyl (C=O) groups is 1. The molecule has 22 heavy (non-hydrogen) atoms. The Morgan fingerprint density at radius 2 is 1.59 bits per heavy atom. The van der Waals surface area contributed by atoms with Crippen LogP contribution < -0.4 is 0 Å². The van der Waals surface area contributed by atoms with Gasteiger partial charge in [-0.2, -0.15) is 5.10 Å². The Kier molecular flexibility index (Phi) is 5.21. The minimum Gasteiger partial charge on any atom is -0.331 e. The standard InChI is InChI=1S/C17H26BrN3O/c1-20-16(15(18)12-19-20)17(22)21(13-8-4-2-5-9-13)14-10-6-3-7-11-14/h12-14H,2-11H2,1H3. The van der Waals surface area contributed by atoms with E-state index in [-0.39, 0.29) is 5.91 Å². The summed E-state index contributed by atoms with van der Waals surface area (Å²) in [5.74, 6) is 0.172. The third-order valence-electron chi connectivity index (χ3n) is 5.27. The number of aryl methyl sites for hydroxylation is 1. The number of aromatic nitrogens is 2. The van der Waals surface area contributed by atoms with Crippen molar-refractivity contribution < 1.29 is 4.79 Å². The predicted molar refractivity (Wildman–Crippen MR) is 90.8 cm³/mol. The quantitative estimate of drug-likeness (QED) is 0.798. The molecule has 0 radical (unpaired) electrons. The molecule has 1 aromatic rings. The van der Waals surface area contributed by atoms with E-state index in [0.29, 0.717) is 17.8 Å². The van der Waals surface area contributed by atoms with Gasteiger partial charge in [0.25, 0.3) is 5.91 Å². The number of hydrogen-bond acceptors (Lipinski definition) is 2. The molecule has 0 aromatic carbocycles. The van der Waals surface area contributed by atoms with Gasteiger partial charge in [-0.1, -0.05) is 38.5 Å². The van der Waals surface area contributed by atoms with E-state index in [9.17, 15) is 4.79 Å². The number of halogens is 1. The van der Waals surface area contributed by atoms with Gasteiger partial charge in [0.15, 0.2) is 0 Å². The van der Waals surface area contributed by atoms with Gasteiger partial charge in [-0.15, -0.1) is 0 Å². The van der Waals surface area contributed by atoms with E-state index in [1.807, 2.05) is 7.05 Å². The lowest BCUT2D eigenvalue weighted by Crippen LogP contribution is -2.49. The first-order valence-electron chi connectivity index (χ1n) is 8.68. The molecular formula is C17H26BrN3O. The Labute approximate surface area is 141 Å². The van der Waals surface area contributed by atoms with Crippen LogP contribution in [0, 0.1) is 0 Å². The molecule has 2 aliphatic rings. The number of nitrogens with zero attached hydrogens (tertiary/aromatic N) is 3. The molecule has 0 unspecified atom stereocenters. The lowest BCUT2D eigenvalue weighted by Gasteiger charge is -2.41. The molecule has 0 N–H and O–H groups in total. The normalized spacial score (nSPS) is 21.0. The second kappa shape index (κ2) is 7.16. The summed E-state index contributed by atoms with van der Waals surface area (Å²) in [5, 5.41) is 4.23. The molecule has 1 aromatic heterocycles. The maximum absolute atomic E-state index is 13.3. The second-order valence-electron chi connectivity index (χ2n) is 6.76. The Morgan fingerprint density at radius 3 is 2.00 bits per heavy atom. The molecule has 2 saturated carbocycles. The fourth-order valence-corrected chi connectivity index (χ4v) is 4.64. The minimum absolute atomic E-state index is 0.172. The van der Waals surface area contributed by atoms with Crippen LogP contribution in [0.1, 0.15) is 74.7 Å². The maximum Gasteiger partial charge on any atom is 0.273 e. The first-order valence-corrected chi connectivity index (χ1v) is 9.48. The van der Waals surface area contributed by atoms with Crippen molar-refractivity contribution in [2.24, 2.45) is 7.05 Å². The summed E-state index contributed by atoms with van der Waals surface area (Å²) in [6, 6.07) is 0.845. The summed E-state index contributed by atoms with van der Waals surface area (Å²) in [6.45, 7) is 0. The molecule has 0 spiro atoms. The van der Waals surface area contributed by atoms with Crippen molar-refractivity contribution in [3.63, 3.8) is 0 Å². The largest absolute Gasteiger partial charge is 0.331 e. The van der Waals surface area contributed by atoms with E-state index in [2.05, 4.69) is 25.9 Å². The van der Waals surface area contributed by atoms with Gasteiger partial charge in [0.05, 0.1) is 10.7 Å². The predicted octanol–water partition coefficient (Wildman–Crippen LogP) is 4.29. The number of rotatable bonds is 3. The van der Waals surface area contributed by atoms with Crippen LogP contribution in [0.2, 0.25) is 0 Å². The zero-order valence-corrected chi connectivity index (χ0v) is 15.0. The van der Waals surface area contributed by atoms with Crippen molar-refractivity contribution >= 4 is 21.8 Å². The van der Waals surface area contributed by atoms with E-state index in [4.69, 9.17) is 0 Å². The van der Waals surface area contributed by atoms with Gasteiger partial charge in [0, 0.05) is 19.1 Å². The zero-order valence-electron chi connectivity index (χ0n) is 13.4. The van der Waals surface area contributed by atoms with Crippen LogP contribution in [0.25, 0.3) is 0 Å². The lowest BCUT2D eigenvalue weighted by molar-refractivity contribution is 0.0436. The average Bonchev–Trinajstić information content (AvgIpc) is 2.88. The molecular weight excluding hydrogens is 342 g/mol. The smallest absolute Gasteiger partial charge is 0.273 e. The van der Waals surface area contributed by atoms with E-state index in [1.165, 1.54) is 38.5 Å². The van der Waals surface area contributed by atoms with E-state index in [1.54, 1.807) is 10.9 Å². The van der Waals surface area contributed by atoms with Gasteiger partial charge in [-0.05, 0) is 41.6 Å². The van der Waals surface area contributed by atoms with Crippen molar-refractivity contribution in [3.8, 4) is 0 Å². The summed E-state index contributed by atoms with van der Waals surface area (Å²) >= 11 is 3.50. The van der Waals surface area contributed by atoms with Crippen LogP contribution in [-0.2, 0) is 7.05 Å². The molecule has 1 amide bonds. The Morgan fingerprint density at radius 1 is 1.09 bits per heavy atom. The summed E-state index contributed by atoms with van der Waals surface area (Å²) in [7, 11) is 1.86. The number of carbonyl (C=O) groups excluding carboxylic acids is 1. The van der Waals surface area contributed by atoms with Gasteiger partial charge in [-0.3, -0.25) is 9.48 Å². The summed E-state index contributed by atoms with van der Waals surface area (Å²) in [4.78, 5) is 15.5. The highest BCUT2D eigenvalue weighted by Gasteiger charge is 2.34. The Hall–Kier alpha value is -0.840. The van der Waals surface area contributed by atoms with Gasteiger partial charge in [-0.25, -0.2) is 0 Å². The summed E-state index contributed by atoms with van der Waals surface area (Å²) in [6.07, 6.45) is 14.1. The van der Waals surface area contributed by atoms with Crippen molar-refractivity contribution in [3.05, 3.63) is 16.4 Å². The fourth-order valence-electron chi connectivity index (χ4n) is 4.12. The minimum atomic E-state index is 0.172. The first-order chi connectivity index (χ1) is 10.7. The molecule has 5 heteroatoms. The second-order valence-corrected chi connectivity index (χ2v) is 7.62. The van der Waals surface area contributed by atoms with Gasteiger partial charge in [0.1, 0.15) is 5.69 Å². The highest BCUT2D eigenvalue weighted by molar-refractivity contribution is 9.10.